The van der Waals surface area contributed by atoms with Gasteiger partial charge in [0.25, 0.3) is 5.91 Å². The molecule has 8 heteroatoms. The van der Waals surface area contributed by atoms with Crippen LogP contribution in [0.2, 0.25) is 0 Å². The number of carbonyl (C=O) groups excluding carboxylic acids is 1. The molecule has 0 radical (unpaired) electrons. The first-order valence-corrected chi connectivity index (χ1v) is 5.69. The van der Waals surface area contributed by atoms with E-state index in [1.165, 1.54) is 12.1 Å². The molecule has 0 aromatic heterocycles. The van der Waals surface area contributed by atoms with Crippen molar-refractivity contribution in [3.05, 3.63) is 63.7 Å². The SMILES string of the molecule is Nc1ccc(C(=O)Nc2ccc([N+](=O)[O-])c(F)c2)c(F)c1. The van der Waals surface area contributed by atoms with E-state index < -0.39 is 28.2 Å². The minimum Gasteiger partial charge on any atom is -0.399 e. The number of carbonyl (C=O) groups is 1. The van der Waals surface area contributed by atoms with Gasteiger partial charge in [0, 0.05) is 23.5 Å². The van der Waals surface area contributed by atoms with Gasteiger partial charge < -0.3 is 11.1 Å². The highest BCUT2D eigenvalue weighted by atomic mass is 19.1. The van der Waals surface area contributed by atoms with E-state index in [0.717, 1.165) is 24.3 Å². The van der Waals surface area contributed by atoms with E-state index in [4.69, 9.17) is 5.73 Å². The number of anilines is 2. The summed E-state index contributed by atoms with van der Waals surface area (Å²) in [6.07, 6.45) is 0. The van der Waals surface area contributed by atoms with Gasteiger partial charge >= 0.3 is 5.69 Å². The second-order valence-corrected chi connectivity index (χ2v) is 4.12. The molecular weight excluding hydrogens is 284 g/mol. The van der Waals surface area contributed by atoms with E-state index in [0.29, 0.717) is 0 Å². The van der Waals surface area contributed by atoms with Crippen molar-refractivity contribution < 1.29 is 18.5 Å². The number of benzene rings is 2. The van der Waals surface area contributed by atoms with Crippen molar-refractivity contribution in [3.8, 4) is 0 Å². The van der Waals surface area contributed by atoms with Gasteiger partial charge in [0.1, 0.15) is 5.82 Å². The molecule has 2 aromatic rings. The molecule has 0 fully saturated rings. The molecule has 0 unspecified atom stereocenters. The minimum absolute atomic E-state index is 0.0284. The Kier molecular flexibility index (Phi) is 3.79. The molecule has 0 spiro atoms. The highest BCUT2D eigenvalue weighted by molar-refractivity contribution is 6.04. The summed E-state index contributed by atoms with van der Waals surface area (Å²) in [5, 5.41) is 12.7. The number of nitrogen functional groups attached to an aromatic ring is 1. The Morgan fingerprint density at radius 3 is 2.43 bits per heavy atom. The number of amides is 1. The molecule has 0 bridgehead atoms. The van der Waals surface area contributed by atoms with E-state index in [9.17, 15) is 23.7 Å². The quantitative estimate of drug-likeness (QED) is 0.516. The maximum absolute atomic E-state index is 13.5. The van der Waals surface area contributed by atoms with Crippen molar-refractivity contribution in [1.82, 2.24) is 0 Å². The zero-order valence-electron chi connectivity index (χ0n) is 10.5. The Morgan fingerprint density at radius 2 is 1.86 bits per heavy atom. The van der Waals surface area contributed by atoms with Crippen molar-refractivity contribution in [3.63, 3.8) is 0 Å². The van der Waals surface area contributed by atoms with Gasteiger partial charge in [-0.1, -0.05) is 0 Å². The molecule has 2 aromatic carbocycles. The van der Waals surface area contributed by atoms with Crippen LogP contribution >= 0.6 is 0 Å². The van der Waals surface area contributed by atoms with Crippen molar-refractivity contribution >= 4 is 23.0 Å². The van der Waals surface area contributed by atoms with Gasteiger partial charge in [0.2, 0.25) is 5.82 Å². The Hall–Kier alpha value is -3.03. The molecule has 0 aliphatic carbocycles. The second-order valence-electron chi connectivity index (χ2n) is 4.12. The number of nitro groups is 1. The predicted octanol–water partition coefficient (Wildman–Crippen LogP) is 2.71. The van der Waals surface area contributed by atoms with Crippen LogP contribution in [0, 0.1) is 21.7 Å². The zero-order chi connectivity index (χ0) is 15.6. The molecule has 6 nitrogen and oxygen atoms in total. The van der Waals surface area contributed by atoms with Crippen molar-refractivity contribution in [2.24, 2.45) is 0 Å². The molecule has 21 heavy (non-hydrogen) atoms. The molecule has 0 atom stereocenters. The number of rotatable bonds is 3. The number of hydrogen-bond acceptors (Lipinski definition) is 4. The monoisotopic (exact) mass is 293 g/mol. The summed E-state index contributed by atoms with van der Waals surface area (Å²) in [5.74, 6) is -2.74. The summed E-state index contributed by atoms with van der Waals surface area (Å²) < 4.78 is 27.0. The fraction of sp³-hybridized carbons (Fsp3) is 0. The first-order chi connectivity index (χ1) is 9.88. The molecule has 1 amide bonds. The van der Waals surface area contributed by atoms with Gasteiger partial charge in [-0.05, 0) is 24.3 Å². The van der Waals surface area contributed by atoms with Gasteiger partial charge in [-0.3, -0.25) is 14.9 Å². The van der Waals surface area contributed by atoms with E-state index in [-0.39, 0.29) is 16.9 Å². The fourth-order valence-electron chi connectivity index (χ4n) is 1.65. The average molecular weight is 293 g/mol. The standard InChI is InChI=1S/C13H9F2N3O3/c14-10-5-7(16)1-3-9(10)13(19)17-8-2-4-12(18(20)21)11(15)6-8/h1-6H,16H2,(H,17,19). The maximum Gasteiger partial charge on any atom is 0.304 e. The normalized spacial score (nSPS) is 10.2. The van der Waals surface area contributed by atoms with Crippen molar-refractivity contribution in [1.29, 1.82) is 0 Å². The summed E-state index contributed by atoms with van der Waals surface area (Å²) in [5.41, 5.74) is 4.50. The molecule has 0 aliphatic heterocycles. The number of nitrogens with zero attached hydrogens (tertiary/aromatic N) is 1. The first-order valence-electron chi connectivity index (χ1n) is 5.69. The van der Waals surface area contributed by atoms with Gasteiger partial charge in [0.05, 0.1) is 10.5 Å². The summed E-state index contributed by atoms with van der Waals surface area (Å²) >= 11 is 0. The maximum atomic E-state index is 13.5. The molecule has 0 heterocycles. The van der Waals surface area contributed by atoms with Gasteiger partial charge in [-0.25, -0.2) is 4.39 Å². The van der Waals surface area contributed by atoms with Crippen molar-refractivity contribution in [2.75, 3.05) is 11.1 Å². The van der Waals surface area contributed by atoms with Crippen LogP contribution < -0.4 is 11.1 Å². The average Bonchev–Trinajstić information content (AvgIpc) is 2.37. The molecule has 0 saturated heterocycles. The smallest absolute Gasteiger partial charge is 0.304 e. The summed E-state index contributed by atoms with van der Waals surface area (Å²) in [6, 6.07) is 6.34. The third kappa shape index (κ3) is 3.11. The lowest BCUT2D eigenvalue weighted by Gasteiger charge is -2.07. The highest BCUT2D eigenvalue weighted by Crippen LogP contribution is 2.21. The van der Waals surface area contributed by atoms with Crippen LogP contribution in [0.3, 0.4) is 0 Å². The van der Waals surface area contributed by atoms with Crippen LogP contribution in [0.15, 0.2) is 36.4 Å². The molecule has 3 N–H and O–H groups in total. The summed E-state index contributed by atoms with van der Waals surface area (Å²) in [7, 11) is 0. The number of nitro benzene ring substituents is 1. The Labute approximate surface area is 117 Å². The molecule has 2 rings (SSSR count). The van der Waals surface area contributed by atoms with E-state index in [2.05, 4.69) is 5.32 Å². The number of nitrogens with two attached hydrogens (primary N) is 1. The largest absolute Gasteiger partial charge is 0.399 e. The van der Waals surface area contributed by atoms with Crippen LogP contribution in [0.5, 0.6) is 0 Å². The number of hydrogen-bond donors (Lipinski definition) is 2. The highest BCUT2D eigenvalue weighted by Gasteiger charge is 2.16. The molecule has 0 saturated carbocycles. The van der Waals surface area contributed by atoms with Crippen LogP contribution in [-0.4, -0.2) is 10.8 Å². The molecular formula is C13H9F2N3O3. The van der Waals surface area contributed by atoms with Gasteiger partial charge in [-0.2, -0.15) is 4.39 Å². The number of nitrogens with one attached hydrogen (secondary N) is 1. The first kappa shape index (κ1) is 14.4. The van der Waals surface area contributed by atoms with Crippen LogP contribution in [0.1, 0.15) is 10.4 Å². The lowest BCUT2D eigenvalue weighted by molar-refractivity contribution is -0.387. The second kappa shape index (κ2) is 5.53. The van der Waals surface area contributed by atoms with Crippen molar-refractivity contribution in [2.45, 2.75) is 0 Å². The predicted molar refractivity (Wildman–Crippen MR) is 71.8 cm³/mol. The molecule has 108 valence electrons. The zero-order valence-corrected chi connectivity index (χ0v) is 10.5. The van der Waals surface area contributed by atoms with Crippen LogP contribution in [0.25, 0.3) is 0 Å². The molecule has 0 aliphatic rings. The Balaban J connectivity index is 2.23. The minimum atomic E-state index is -1.10. The lowest BCUT2D eigenvalue weighted by atomic mass is 10.1. The van der Waals surface area contributed by atoms with Crippen LogP contribution in [-0.2, 0) is 0 Å². The van der Waals surface area contributed by atoms with Gasteiger partial charge in [0.15, 0.2) is 0 Å². The Bertz CT molecular complexity index is 735. The third-order valence-electron chi connectivity index (χ3n) is 2.64. The van der Waals surface area contributed by atoms with Crippen LogP contribution in [0.4, 0.5) is 25.8 Å². The fourth-order valence-corrected chi connectivity index (χ4v) is 1.65. The Morgan fingerprint density at radius 1 is 1.14 bits per heavy atom. The van der Waals surface area contributed by atoms with Gasteiger partial charge in [-0.15, -0.1) is 0 Å². The van der Waals surface area contributed by atoms with E-state index in [1.54, 1.807) is 0 Å². The van der Waals surface area contributed by atoms with E-state index in [1.807, 2.05) is 0 Å². The number of halogens is 2. The topological polar surface area (TPSA) is 98.3 Å². The summed E-state index contributed by atoms with van der Waals surface area (Å²) in [6.45, 7) is 0. The third-order valence-corrected chi connectivity index (χ3v) is 2.64. The van der Waals surface area contributed by atoms with E-state index >= 15 is 0 Å². The lowest BCUT2D eigenvalue weighted by Crippen LogP contribution is -2.14. The summed E-state index contributed by atoms with van der Waals surface area (Å²) in [4.78, 5) is 21.4.